The average molecular weight is 506 g/mol. The number of methoxy groups -OCH3 is 1. The van der Waals surface area contributed by atoms with Crippen molar-refractivity contribution in [2.45, 2.75) is 18.9 Å². The first-order chi connectivity index (χ1) is 18.0. The number of nitrogens with zero attached hydrogens (tertiary/aromatic N) is 6. The maximum atomic E-state index is 13.6. The van der Waals surface area contributed by atoms with Crippen LogP contribution < -0.4 is 20.9 Å². The summed E-state index contributed by atoms with van der Waals surface area (Å²) in [7, 11) is 5.45. The van der Waals surface area contributed by atoms with Gasteiger partial charge >= 0.3 is 0 Å². The van der Waals surface area contributed by atoms with Crippen molar-refractivity contribution in [1.29, 1.82) is 0 Å². The second-order valence-corrected chi connectivity index (χ2v) is 8.92. The van der Waals surface area contributed by atoms with Crippen molar-refractivity contribution < 1.29 is 13.9 Å². The van der Waals surface area contributed by atoms with Crippen LogP contribution in [0.2, 0.25) is 0 Å². The Morgan fingerprint density at radius 3 is 2.76 bits per heavy atom. The van der Waals surface area contributed by atoms with E-state index >= 15 is 0 Å². The highest BCUT2D eigenvalue weighted by Gasteiger charge is 2.26. The Labute approximate surface area is 214 Å². The van der Waals surface area contributed by atoms with Crippen molar-refractivity contribution in [1.82, 2.24) is 30.0 Å². The standard InChI is InChI=1S/C25H31N9O3/c1-26-9-10-27-25-32-22-20(37-25)13-18(23(31-22)34-11-7-17(36-3)8-12-34)24(35)30-21-6-4-5-19(29-21)16-14-28-33(2)15-16/h4-6,13-15,17,26H,7-12H2,1-3H3,(H,27,31,32)(H,29,30,35). The van der Waals surface area contributed by atoms with Crippen LogP contribution in [-0.4, -0.2) is 77.1 Å². The van der Waals surface area contributed by atoms with Crippen molar-refractivity contribution >= 4 is 34.8 Å². The molecule has 1 fully saturated rings. The Kier molecular flexibility index (Phi) is 7.28. The maximum absolute atomic E-state index is 13.6. The van der Waals surface area contributed by atoms with Crippen LogP contribution in [0.1, 0.15) is 23.2 Å². The molecule has 37 heavy (non-hydrogen) atoms. The number of piperidine rings is 1. The molecule has 1 amide bonds. The molecule has 0 saturated carbocycles. The molecule has 5 rings (SSSR count). The summed E-state index contributed by atoms with van der Waals surface area (Å²) in [6, 6.07) is 7.55. The van der Waals surface area contributed by atoms with Crippen LogP contribution >= 0.6 is 0 Å². The molecule has 0 aliphatic carbocycles. The van der Waals surface area contributed by atoms with Crippen LogP contribution in [0.5, 0.6) is 0 Å². The Morgan fingerprint density at radius 1 is 1.19 bits per heavy atom. The van der Waals surface area contributed by atoms with Gasteiger partial charge in [-0.15, -0.1) is 0 Å². The van der Waals surface area contributed by atoms with Crippen molar-refractivity contribution in [2.24, 2.45) is 7.05 Å². The number of aryl methyl sites for hydroxylation is 1. The minimum atomic E-state index is -0.324. The smallest absolute Gasteiger partial charge is 0.297 e. The molecule has 3 N–H and O–H groups in total. The molecule has 0 radical (unpaired) electrons. The second kappa shape index (κ2) is 10.9. The minimum absolute atomic E-state index is 0.201. The molecule has 12 heteroatoms. The fraction of sp³-hybridized carbons (Fsp3) is 0.400. The fourth-order valence-electron chi connectivity index (χ4n) is 4.34. The quantitative estimate of drug-likeness (QED) is 0.291. The zero-order chi connectivity index (χ0) is 25.8. The number of carbonyl (C=O) groups excluding carboxylic acids is 1. The number of amides is 1. The van der Waals surface area contributed by atoms with Gasteiger partial charge in [-0.3, -0.25) is 9.48 Å². The number of rotatable bonds is 9. The topological polar surface area (TPSA) is 135 Å². The lowest BCUT2D eigenvalue weighted by atomic mass is 10.1. The van der Waals surface area contributed by atoms with Crippen LogP contribution in [0.25, 0.3) is 22.5 Å². The zero-order valence-corrected chi connectivity index (χ0v) is 21.2. The van der Waals surface area contributed by atoms with Crippen LogP contribution in [0.4, 0.5) is 17.7 Å². The Hall–Kier alpha value is -4.03. The lowest BCUT2D eigenvalue weighted by Gasteiger charge is -2.32. The molecular weight excluding hydrogens is 474 g/mol. The zero-order valence-electron chi connectivity index (χ0n) is 21.2. The molecule has 0 spiro atoms. The number of oxazole rings is 1. The molecule has 0 atom stereocenters. The molecule has 5 heterocycles. The fourth-order valence-corrected chi connectivity index (χ4v) is 4.34. The number of hydrogen-bond acceptors (Lipinski definition) is 10. The van der Waals surface area contributed by atoms with Gasteiger partial charge in [-0.05, 0) is 32.0 Å². The van der Waals surface area contributed by atoms with E-state index in [1.54, 1.807) is 30.1 Å². The van der Waals surface area contributed by atoms with E-state index in [2.05, 4.69) is 35.9 Å². The normalized spacial score (nSPS) is 14.3. The predicted molar refractivity (Wildman–Crippen MR) is 141 cm³/mol. The number of hydrogen-bond donors (Lipinski definition) is 3. The molecular formula is C25H31N9O3. The van der Waals surface area contributed by atoms with Crippen molar-refractivity contribution in [3.63, 3.8) is 0 Å². The lowest BCUT2D eigenvalue weighted by molar-refractivity contribution is 0.0817. The third kappa shape index (κ3) is 5.54. The third-order valence-electron chi connectivity index (χ3n) is 6.32. The number of pyridine rings is 2. The summed E-state index contributed by atoms with van der Waals surface area (Å²) in [4.78, 5) is 29.5. The van der Waals surface area contributed by atoms with E-state index in [0.29, 0.717) is 46.7 Å². The Morgan fingerprint density at radius 2 is 2.03 bits per heavy atom. The molecule has 4 aromatic heterocycles. The molecule has 12 nitrogen and oxygen atoms in total. The molecule has 1 saturated heterocycles. The van der Waals surface area contributed by atoms with Crippen molar-refractivity contribution in [3.8, 4) is 11.3 Å². The Balaban J connectivity index is 1.45. The van der Waals surface area contributed by atoms with Crippen LogP contribution in [0.3, 0.4) is 0 Å². The van der Waals surface area contributed by atoms with Gasteiger partial charge in [0.2, 0.25) is 5.65 Å². The molecule has 0 bridgehead atoms. The lowest BCUT2D eigenvalue weighted by Crippen LogP contribution is -2.38. The third-order valence-corrected chi connectivity index (χ3v) is 6.32. The predicted octanol–water partition coefficient (Wildman–Crippen LogP) is 2.52. The molecule has 4 aromatic rings. The first-order valence-corrected chi connectivity index (χ1v) is 12.3. The van der Waals surface area contributed by atoms with Crippen molar-refractivity contribution in [2.75, 3.05) is 55.9 Å². The van der Waals surface area contributed by atoms with E-state index in [-0.39, 0.29) is 12.0 Å². The van der Waals surface area contributed by atoms with E-state index < -0.39 is 0 Å². The SMILES string of the molecule is CNCCNc1nc2nc(N3CCC(OC)CC3)c(C(=O)Nc3cccc(-c4cnn(C)c4)n3)cc2o1. The number of aromatic nitrogens is 5. The second-order valence-electron chi connectivity index (χ2n) is 8.92. The molecule has 0 unspecified atom stereocenters. The number of ether oxygens (including phenoxy) is 1. The van der Waals surface area contributed by atoms with E-state index in [9.17, 15) is 4.79 Å². The maximum Gasteiger partial charge on any atom is 0.297 e. The highest BCUT2D eigenvalue weighted by Crippen LogP contribution is 2.29. The van der Waals surface area contributed by atoms with E-state index in [4.69, 9.17) is 14.1 Å². The van der Waals surface area contributed by atoms with E-state index in [1.807, 2.05) is 32.4 Å². The van der Waals surface area contributed by atoms with Gasteiger partial charge in [0, 0.05) is 58.2 Å². The van der Waals surface area contributed by atoms with Gasteiger partial charge in [0.25, 0.3) is 11.9 Å². The summed E-state index contributed by atoms with van der Waals surface area (Å²) in [5.74, 6) is 0.677. The Bertz CT molecular complexity index is 1380. The van der Waals surface area contributed by atoms with Crippen LogP contribution in [0.15, 0.2) is 41.1 Å². The summed E-state index contributed by atoms with van der Waals surface area (Å²) in [5.41, 5.74) is 2.86. The first-order valence-electron chi connectivity index (χ1n) is 12.3. The van der Waals surface area contributed by atoms with Gasteiger partial charge in [0.1, 0.15) is 11.6 Å². The highest BCUT2D eigenvalue weighted by atomic mass is 16.5. The van der Waals surface area contributed by atoms with Gasteiger partial charge in [-0.25, -0.2) is 9.97 Å². The number of likely N-dealkylation sites (N-methyl/N-ethyl adjacent to an activating group) is 1. The molecule has 1 aliphatic heterocycles. The summed E-state index contributed by atoms with van der Waals surface area (Å²) < 4.78 is 13.1. The average Bonchev–Trinajstić information content (AvgIpc) is 3.53. The summed E-state index contributed by atoms with van der Waals surface area (Å²) >= 11 is 0. The summed E-state index contributed by atoms with van der Waals surface area (Å²) in [6.45, 7) is 2.84. The van der Waals surface area contributed by atoms with Gasteiger partial charge in [0.05, 0.1) is 23.6 Å². The van der Waals surface area contributed by atoms with Gasteiger partial charge in [-0.1, -0.05) is 6.07 Å². The number of nitrogens with one attached hydrogen (secondary N) is 3. The highest BCUT2D eigenvalue weighted by molar-refractivity contribution is 6.08. The number of carbonyl (C=O) groups is 1. The van der Waals surface area contributed by atoms with Gasteiger partial charge in [-0.2, -0.15) is 10.1 Å². The summed E-state index contributed by atoms with van der Waals surface area (Å²) in [6.07, 6.45) is 5.51. The van der Waals surface area contributed by atoms with Crippen molar-refractivity contribution in [3.05, 3.63) is 42.2 Å². The monoisotopic (exact) mass is 505 g/mol. The first kappa shape index (κ1) is 24.7. The van der Waals surface area contributed by atoms with Crippen LogP contribution in [-0.2, 0) is 11.8 Å². The largest absolute Gasteiger partial charge is 0.422 e. The van der Waals surface area contributed by atoms with Gasteiger partial charge < -0.3 is 30.0 Å². The minimum Gasteiger partial charge on any atom is -0.422 e. The van der Waals surface area contributed by atoms with Gasteiger partial charge in [0.15, 0.2) is 5.58 Å². The number of anilines is 3. The molecule has 194 valence electrons. The van der Waals surface area contributed by atoms with E-state index in [0.717, 1.165) is 38.0 Å². The summed E-state index contributed by atoms with van der Waals surface area (Å²) in [5, 5.41) is 13.3. The van der Waals surface area contributed by atoms with E-state index in [1.165, 1.54) is 0 Å². The molecule has 1 aliphatic rings. The molecule has 0 aromatic carbocycles. The van der Waals surface area contributed by atoms with Crippen LogP contribution in [0, 0.1) is 0 Å². The number of fused-ring (bicyclic) bond motifs is 1.